The van der Waals surface area contributed by atoms with Crippen LogP contribution in [0.25, 0.3) is 6.08 Å². The average molecular weight is 471 g/mol. The average Bonchev–Trinajstić information content (AvgIpc) is 3.14. The Morgan fingerprint density at radius 1 is 1.00 bits per heavy atom. The molecule has 1 heterocycles. The summed E-state index contributed by atoms with van der Waals surface area (Å²) in [7, 11) is 1.53. The van der Waals surface area contributed by atoms with Gasteiger partial charge in [-0.3, -0.25) is 14.5 Å². The first-order chi connectivity index (χ1) is 16.6. The summed E-state index contributed by atoms with van der Waals surface area (Å²) in [5, 5.41) is 8.98. The number of nitrogens with zero attached hydrogens (tertiary/aromatic N) is 2. The van der Waals surface area contributed by atoms with Gasteiger partial charge in [-0.1, -0.05) is 54.6 Å². The van der Waals surface area contributed by atoms with E-state index in [0.717, 1.165) is 28.5 Å². The van der Waals surface area contributed by atoms with E-state index in [1.165, 1.54) is 12.0 Å². The third-order valence-corrected chi connectivity index (χ3v) is 6.25. The van der Waals surface area contributed by atoms with Gasteiger partial charge in [0.1, 0.15) is 6.61 Å². The monoisotopic (exact) mass is 470 g/mol. The zero-order chi connectivity index (χ0) is 23.9. The predicted octanol–water partition coefficient (Wildman–Crippen LogP) is 5.42. The number of thioether (sulfide) groups is 1. The van der Waals surface area contributed by atoms with Crippen LogP contribution < -0.4 is 9.47 Å². The van der Waals surface area contributed by atoms with Crippen molar-refractivity contribution in [1.82, 2.24) is 4.90 Å². The summed E-state index contributed by atoms with van der Waals surface area (Å²) in [6.45, 7) is 0.562. The van der Waals surface area contributed by atoms with Crippen LogP contribution in [0.15, 0.2) is 77.7 Å². The Morgan fingerprint density at radius 2 is 1.76 bits per heavy atom. The molecular formula is C27H22N2O4S. The third-order valence-electron chi connectivity index (χ3n) is 5.35. The summed E-state index contributed by atoms with van der Waals surface area (Å²) in [5.41, 5.74) is 3.12. The lowest BCUT2D eigenvalue weighted by Gasteiger charge is -2.13. The molecule has 7 heteroatoms. The van der Waals surface area contributed by atoms with Crippen molar-refractivity contribution in [3.8, 4) is 17.6 Å². The normalized spacial score (nSPS) is 14.4. The molecule has 4 rings (SSSR count). The van der Waals surface area contributed by atoms with E-state index in [0.29, 0.717) is 34.9 Å². The van der Waals surface area contributed by atoms with Gasteiger partial charge in [-0.25, -0.2) is 0 Å². The van der Waals surface area contributed by atoms with Crippen LogP contribution in [-0.4, -0.2) is 29.7 Å². The molecule has 1 saturated heterocycles. The molecule has 0 unspecified atom stereocenters. The van der Waals surface area contributed by atoms with E-state index in [4.69, 9.17) is 9.47 Å². The third kappa shape index (κ3) is 5.30. The number of carbonyl (C=O) groups is 2. The number of rotatable bonds is 8. The molecule has 0 aromatic heterocycles. The Labute approximate surface area is 202 Å². The minimum atomic E-state index is -0.293. The number of amides is 2. The molecule has 1 aliphatic rings. The van der Waals surface area contributed by atoms with Crippen molar-refractivity contribution in [2.75, 3.05) is 13.7 Å². The van der Waals surface area contributed by atoms with Gasteiger partial charge in [0.25, 0.3) is 11.1 Å². The van der Waals surface area contributed by atoms with Crippen molar-refractivity contribution < 1.29 is 19.1 Å². The first-order valence-corrected chi connectivity index (χ1v) is 11.5. The van der Waals surface area contributed by atoms with Crippen LogP contribution in [0.4, 0.5) is 4.79 Å². The molecular weight excluding hydrogens is 448 g/mol. The maximum Gasteiger partial charge on any atom is 0.293 e. The molecule has 0 saturated carbocycles. The topological polar surface area (TPSA) is 79.6 Å². The first kappa shape index (κ1) is 23.1. The summed E-state index contributed by atoms with van der Waals surface area (Å²) < 4.78 is 11.3. The fourth-order valence-corrected chi connectivity index (χ4v) is 4.40. The van der Waals surface area contributed by atoms with Crippen molar-refractivity contribution in [3.05, 3.63) is 100.0 Å². The molecule has 6 nitrogen and oxygen atoms in total. The van der Waals surface area contributed by atoms with Crippen molar-refractivity contribution in [3.63, 3.8) is 0 Å². The smallest absolute Gasteiger partial charge is 0.293 e. The highest BCUT2D eigenvalue weighted by molar-refractivity contribution is 8.18. The van der Waals surface area contributed by atoms with Gasteiger partial charge in [-0.05, 0) is 53.6 Å². The standard InChI is InChI=1S/C27H22N2O4S/c1-32-24-15-20(11-12-23(24)33-18-22-10-6-5-9-21(22)17-28)16-25-26(30)29(27(31)34-25)14-13-19-7-3-2-4-8-19/h2-12,15-16H,13-14,18H2,1H3/b25-16-. The SMILES string of the molecule is COc1cc(/C=C2\SC(=O)N(CCc3ccccc3)C2=O)ccc1OCc1ccccc1C#N. The quantitative estimate of drug-likeness (QED) is 0.409. The molecule has 34 heavy (non-hydrogen) atoms. The Kier molecular flexibility index (Phi) is 7.31. The van der Waals surface area contributed by atoms with Gasteiger partial charge >= 0.3 is 0 Å². The molecule has 2 amide bonds. The summed E-state index contributed by atoms with van der Waals surface area (Å²) in [4.78, 5) is 26.9. The Hall–Kier alpha value is -4.02. The maximum absolute atomic E-state index is 12.8. The summed E-state index contributed by atoms with van der Waals surface area (Å²) in [6.07, 6.45) is 2.30. The molecule has 0 aliphatic carbocycles. The zero-order valence-electron chi connectivity index (χ0n) is 18.6. The highest BCUT2D eigenvalue weighted by Gasteiger charge is 2.34. The molecule has 3 aromatic rings. The minimum Gasteiger partial charge on any atom is -0.493 e. The highest BCUT2D eigenvalue weighted by atomic mass is 32.2. The van der Waals surface area contributed by atoms with Crippen LogP contribution in [0.2, 0.25) is 0 Å². The van der Waals surface area contributed by atoms with Crippen LogP contribution in [0.1, 0.15) is 22.3 Å². The number of nitriles is 1. The van der Waals surface area contributed by atoms with Gasteiger partial charge in [0.2, 0.25) is 0 Å². The number of hydrogen-bond donors (Lipinski definition) is 0. The van der Waals surface area contributed by atoms with Crippen molar-refractivity contribution in [1.29, 1.82) is 5.26 Å². The van der Waals surface area contributed by atoms with E-state index in [-0.39, 0.29) is 17.8 Å². The largest absolute Gasteiger partial charge is 0.493 e. The summed E-state index contributed by atoms with van der Waals surface area (Å²) >= 11 is 0.937. The molecule has 0 bridgehead atoms. The van der Waals surface area contributed by atoms with E-state index in [9.17, 15) is 14.9 Å². The Bertz CT molecular complexity index is 1280. The Balaban J connectivity index is 1.45. The predicted molar refractivity (Wildman–Crippen MR) is 131 cm³/mol. The molecule has 1 aliphatic heterocycles. The summed E-state index contributed by atoms with van der Waals surface area (Å²) in [5.74, 6) is 0.716. The van der Waals surface area contributed by atoms with Crippen LogP contribution >= 0.6 is 11.8 Å². The number of imide groups is 1. The summed E-state index contributed by atoms with van der Waals surface area (Å²) in [6, 6.07) is 24.5. The second-order valence-corrected chi connectivity index (χ2v) is 8.53. The van der Waals surface area contributed by atoms with Crippen LogP contribution in [0, 0.1) is 11.3 Å². The fraction of sp³-hybridized carbons (Fsp3) is 0.148. The number of ether oxygens (including phenoxy) is 2. The lowest BCUT2D eigenvalue weighted by molar-refractivity contribution is -0.122. The van der Waals surface area contributed by atoms with E-state index >= 15 is 0 Å². The lowest BCUT2D eigenvalue weighted by Crippen LogP contribution is -2.30. The second kappa shape index (κ2) is 10.7. The minimum absolute atomic E-state index is 0.222. The van der Waals surface area contributed by atoms with Crippen LogP contribution in [0.5, 0.6) is 11.5 Å². The van der Waals surface area contributed by atoms with Crippen LogP contribution in [-0.2, 0) is 17.8 Å². The molecule has 3 aromatic carbocycles. The van der Waals surface area contributed by atoms with Gasteiger partial charge < -0.3 is 9.47 Å². The van der Waals surface area contributed by atoms with Gasteiger partial charge in [0.05, 0.1) is 23.6 Å². The van der Waals surface area contributed by atoms with E-state index in [1.807, 2.05) is 42.5 Å². The van der Waals surface area contributed by atoms with Gasteiger partial charge in [0, 0.05) is 12.1 Å². The van der Waals surface area contributed by atoms with Crippen LogP contribution in [0.3, 0.4) is 0 Å². The highest BCUT2D eigenvalue weighted by Crippen LogP contribution is 2.35. The van der Waals surface area contributed by atoms with Crippen molar-refractivity contribution in [2.24, 2.45) is 0 Å². The molecule has 0 spiro atoms. The maximum atomic E-state index is 12.8. The lowest BCUT2D eigenvalue weighted by atomic mass is 10.1. The number of hydrogen-bond acceptors (Lipinski definition) is 6. The van der Waals surface area contributed by atoms with E-state index in [1.54, 1.807) is 36.4 Å². The number of benzene rings is 3. The van der Waals surface area contributed by atoms with E-state index in [2.05, 4.69) is 6.07 Å². The van der Waals surface area contributed by atoms with Crippen molar-refractivity contribution in [2.45, 2.75) is 13.0 Å². The van der Waals surface area contributed by atoms with Gasteiger partial charge in [0.15, 0.2) is 11.5 Å². The van der Waals surface area contributed by atoms with Gasteiger partial charge in [-0.2, -0.15) is 5.26 Å². The number of carbonyl (C=O) groups excluding carboxylic acids is 2. The molecule has 1 fully saturated rings. The molecule has 0 radical (unpaired) electrons. The first-order valence-electron chi connectivity index (χ1n) is 10.7. The fourth-order valence-electron chi connectivity index (χ4n) is 3.53. The zero-order valence-corrected chi connectivity index (χ0v) is 19.4. The second-order valence-electron chi connectivity index (χ2n) is 7.54. The molecule has 170 valence electrons. The van der Waals surface area contributed by atoms with E-state index < -0.39 is 0 Å². The van der Waals surface area contributed by atoms with Crippen molar-refractivity contribution >= 4 is 29.0 Å². The number of methoxy groups -OCH3 is 1. The molecule has 0 atom stereocenters. The molecule has 0 N–H and O–H groups in total. The van der Waals surface area contributed by atoms with Gasteiger partial charge in [-0.15, -0.1) is 0 Å². The Morgan fingerprint density at radius 3 is 2.53 bits per heavy atom.